The number of aryl methyl sites for hydroxylation is 1. The highest BCUT2D eigenvalue weighted by atomic mass is 35.5. The molecule has 1 aliphatic heterocycles. The molecule has 0 atom stereocenters. The maximum absolute atomic E-state index is 12.7. The maximum Gasteiger partial charge on any atom is 0.253 e. The van der Waals surface area contributed by atoms with Gasteiger partial charge in [0.25, 0.3) is 5.91 Å². The Hall–Kier alpha value is -2.33. The van der Waals surface area contributed by atoms with E-state index in [-0.39, 0.29) is 11.8 Å². The molecule has 5 heteroatoms. The lowest BCUT2D eigenvalue weighted by Crippen LogP contribution is -2.38. The summed E-state index contributed by atoms with van der Waals surface area (Å²) in [6.45, 7) is 4.48. The van der Waals surface area contributed by atoms with Gasteiger partial charge in [-0.15, -0.1) is 0 Å². The maximum atomic E-state index is 12.7. The smallest absolute Gasteiger partial charge is 0.253 e. The second kappa shape index (κ2) is 8.37. The molecule has 2 aromatic rings. The van der Waals surface area contributed by atoms with Crippen molar-refractivity contribution in [1.82, 2.24) is 9.80 Å². The van der Waals surface area contributed by atoms with Crippen LogP contribution in [0, 0.1) is 6.92 Å². The minimum Gasteiger partial charge on any atom is -0.341 e. The van der Waals surface area contributed by atoms with Crippen molar-refractivity contribution in [3.63, 3.8) is 0 Å². The summed E-state index contributed by atoms with van der Waals surface area (Å²) < 4.78 is 0. The molecule has 2 amide bonds. The van der Waals surface area contributed by atoms with Gasteiger partial charge in [-0.05, 0) is 37.1 Å². The molecule has 26 heavy (non-hydrogen) atoms. The Labute approximate surface area is 159 Å². The number of carbonyl (C=O) groups is 2. The van der Waals surface area contributed by atoms with Gasteiger partial charge in [-0.3, -0.25) is 9.59 Å². The molecule has 1 saturated heterocycles. The number of hydrogen-bond donors (Lipinski definition) is 0. The van der Waals surface area contributed by atoms with Gasteiger partial charge in [-0.1, -0.05) is 47.5 Å². The molecule has 3 rings (SSSR count). The Bertz CT molecular complexity index is 789. The van der Waals surface area contributed by atoms with E-state index in [0.29, 0.717) is 43.2 Å². The van der Waals surface area contributed by atoms with Crippen molar-refractivity contribution in [2.75, 3.05) is 26.2 Å². The zero-order valence-electron chi connectivity index (χ0n) is 15.0. The predicted octanol–water partition coefficient (Wildman–Crippen LogP) is 3.57. The Morgan fingerprint density at radius 3 is 2.38 bits per heavy atom. The van der Waals surface area contributed by atoms with Gasteiger partial charge in [-0.25, -0.2) is 0 Å². The average Bonchev–Trinajstić information content (AvgIpc) is 2.89. The Morgan fingerprint density at radius 2 is 1.65 bits per heavy atom. The SMILES string of the molecule is Cc1ccc(CC(=O)N2CCCN(C(=O)c3cccc(Cl)c3)CC2)cc1. The van der Waals surface area contributed by atoms with Gasteiger partial charge in [0.15, 0.2) is 0 Å². The van der Waals surface area contributed by atoms with Crippen molar-refractivity contribution in [3.05, 3.63) is 70.2 Å². The van der Waals surface area contributed by atoms with Crippen molar-refractivity contribution in [3.8, 4) is 0 Å². The summed E-state index contributed by atoms with van der Waals surface area (Å²) in [7, 11) is 0. The lowest BCUT2D eigenvalue weighted by atomic mass is 10.1. The van der Waals surface area contributed by atoms with Gasteiger partial charge in [0.2, 0.25) is 5.91 Å². The molecule has 0 radical (unpaired) electrons. The highest BCUT2D eigenvalue weighted by Crippen LogP contribution is 2.15. The molecule has 0 aromatic heterocycles. The van der Waals surface area contributed by atoms with E-state index in [2.05, 4.69) is 0 Å². The lowest BCUT2D eigenvalue weighted by Gasteiger charge is -2.22. The van der Waals surface area contributed by atoms with E-state index >= 15 is 0 Å². The minimum atomic E-state index is -0.0275. The first-order valence-corrected chi connectivity index (χ1v) is 9.29. The molecule has 0 spiro atoms. The monoisotopic (exact) mass is 370 g/mol. The fourth-order valence-electron chi connectivity index (χ4n) is 3.17. The third-order valence-electron chi connectivity index (χ3n) is 4.68. The second-order valence-corrected chi connectivity index (χ2v) is 7.14. The third kappa shape index (κ3) is 4.64. The number of amides is 2. The molecule has 2 aromatic carbocycles. The molecule has 136 valence electrons. The van der Waals surface area contributed by atoms with Crippen LogP contribution in [-0.4, -0.2) is 47.8 Å². The van der Waals surface area contributed by atoms with Gasteiger partial charge < -0.3 is 9.80 Å². The van der Waals surface area contributed by atoms with Crippen LogP contribution in [0.2, 0.25) is 5.02 Å². The van der Waals surface area contributed by atoms with Gasteiger partial charge in [-0.2, -0.15) is 0 Å². The first-order valence-electron chi connectivity index (χ1n) is 8.91. The van der Waals surface area contributed by atoms with Crippen molar-refractivity contribution >= 4 is 23.4 Å². The quantitative estimate of drug-likeness (QED) is 0.828. The van der Waals surface area contributed by atoms with E-state index in [1.807, 2.05) is 41.0 Å². The van der Waals surface area contributed by atoms with Crippen molar-refractivity contribution < 1.29 is 9.59 Å². The van der Waals surface area contributed by atoms with E-state index in [4.69, 9.17) is 11.6 Å². The number of halogens is 1. The molecule has 0 saturated carbocycles. The molecular weight excluding hydrogens is 348 g/mol. The van der Waals surface area contributed by atoms with Gasteiger partial charge in [0, 0.05) is 36.8 Å². The number of hydrogen-bond acceptors (Lipinski definition) is 2. The van der Waals surface area contributed by atoms with E-state index < -0.39 is 0 Å². The molecule has 0 N–H and O–H groups in total. The highest BCUT2D eigenvalue weighted by molar-refractivity contribution is 6.30. The number of carbonyl (C=O) groups excluding carboxylic acids is 2. The number of rotatable bonds is 3. The van der Waals surface area contributed by atoms with Crippen molar-refractivity contribution in [1.29, 1.82) is 0 Å². The summed E-state index contributed by atoms with van der Waals surface area (Å²) in [5.41, 5.74) is 2.81. The Kier molecular flexibility index (Phi) is 5.94. The summed E-state index contributed by atoms with van der Waals surface area (Å²) in [4.78, 5) is 28.9. The summed E-state index contributed by atoms with van der Waals surface area (Å²) in [5.74, 6) is 0.0891. The fourth-order valence-corrected chi connectivity index (χ4v) is 3.36. The molecule has 0 unspecified atom stereocenters. The topological polar surface area (TPSA) is 40.6 Å². The fraction of sp³-hybridized carbons (Fsp3) is 0.333. The van der Waals surface area contributed by atoms with Crippen molar-refractivity contribution in [2.45, 2.75) is 19.8 Å². The normalized spacial score (nSPS) is 14.8. The summed E-state index contributed by atoms with van der Waals surface area (Å²) in [5, 5.41) is 0.556. The molecule has 0 bridgehead atoms. The van der Waals surface area contributed by atoms with Gasteiger partial charge in [0.1, 0.15) is 0 Å². The largest absolute Gasteiger partial charge is 0.341 e. The first kappa shape index (κ1) is 18.5. The van der Waals surface area contributed by atoms with E-state index in [0.717, 1.165) is 12.0 Å². The summed E-state index contributed by atoms with van der Waals surface area (Å²) in [6.07, 6.45) is 1.19. The van der Waals surface area contributed by atoms with E-state index in [1.165, 1.54) is 5.56 Å². The molecule has 4 nitrogen and oxygen atoms in total. The standard InChI is InChI=1S/C21H23ClN2O2/c1-16-6-8-17(9-7-16)14-20(25)23-10-3-11-24(13-12-23)21(26)18-4-2-5-19(22)15-18/h2,4-9,15H,3,10-14H2,1H3. The molecule has 1 heterocycles. The van der Waals surface area contributed by atoms with Crippen LogP contribution < -0.4 is 0 Å². The van der Waals surface area contributed by atoms with Crippen molar-refractivity contribution in [2.24, 2.45) is 0 Å². The molecule has 1 aliphatic rings. The van der Waals surface area contributed by atoms with E-state index in [9.17, 15) is 9.59 Å². The number of nitrogens with zero attached hydrogens (tertiary/aromatic N) is 2. The average molecular weight is 371 g/mol. The van der Waals surface area contributed by atoms with Crippen LogP contribution in [0.15, 0.2) is 48.5 Å². The predicted molar refractivity (Wildman–Crippen MR) is 103 cm³/mol. The molecule has 1 fully saturated rings. The Morgan fingerprint density at radius 1 is 0.962 bits per heavy atom. The van der Waals surface area contributed by atoms with Crippen LogP contribution in [0.1, 0.15) is 27.9 Å². The summed E-state index contributed by atoms with van der Waals surface area (Å²) in [6, 6.07) is 15.1. The Balaban J connectivity index is 1.59. The van der Waals surface area contributed by atoms with Crippen LogP contribution >= 0.6 is 11.6 Å². The highest BCUT2D eigenvalue weighted by Gasteiger charge is 2.23. The third-order valence-corrected chi connectivity index (χ3v) is 4.92. The van der Waals surface area contributed by atoms with Crippen LogP contribution in [0.25, 0.3) is 0 Å². The summed E-state index contributed by atoms with van der Waals surface area (Å²) >= 11 is 5.99. The lowest BCUT2D eigenvalue weighted by molar-refractivity contribution is -0.130. The molecular formula is C21H23ClN2O2. The van der Waals surface area contributed by atoms with Crippen LogP contribution in [0.5, 0.6) is 0 Å². The van der Waals surface area contributed by atoms with Gasteiger partial charge >= 0.3 is 0 Å². The molecule has 0 aliphatic carbocycles. The second-order valence-electron chi connectivity index (χ2n) is 6.70. The van der Waals surface area contributed by atoms with Crippen LogP contribution in [0.4, 0.5) is 0 Å². The first-order chi connectivity index (χ1) is 12.5. The zero-order chi connectivity index (χ0) is 18.5. The van der Waals surface area contributed by atoms with Crippen LogP contribution in [0.3, 0.4) is 0 Å². The van der Waals surface area contributed by atoms with E-state index in [1.54, 1.807) is 24.3 Å². The van der Waals surface area contributed by atoms with Gasteiger partial charge in [0.05, 0.1) is 6.42 Å². The number of benzene rings is 2. The minimum absolute atomic E-state index is 0.0275. The zero-order valence-corrected chi connectivity index (χ0v) is 15.7. The van der Waals surface area contributed by atoms with Crippen LogP contribution in [-0.2, 0) is 11.2 Å².